The first-order valence-electron chi connectivity index (χ1n) is 5.68. The van der Waals surface area contributed by atoms with E-state index in [9.17, 15) is 9.90 Å². The quantitative estimate of drug-likeness (QED) is 0.693. The molecule has 17 heavy (non-hydrogen) atoms. The van der Waals surface area contributed by atoms with E-state index in [4.69, 9.17) is 5.73 Å². The lowest BCUT2D eigenvalue weighted by atomic mass is 9.80. The van der Waals surface area contributed by atoms with Gasteiger partial charge in [-0.3, -0.25) is 9.78 Å². The number of nitrogens with zero attached hydrogens (tertiary/aromatic N) is 2. The summed E-state index contributed by atoms with van der Waals surface area (Å²) in [5.41, 5.74) is 5.94. The Morgan fingerprint density at radius 1 is 1.59 bits per heavy atom. The fraction of sp³-hybridized carbons (Fsp3) is 0.455. The van der Waals surface area contributed by atoms with E-state index in [1.807, 2.05) is 10.8 Å². The highest BCUT2D eigenvalue weighted by Gasteiger charge is 2.32. The molecule has 0 spiro atoms. The summed E-state index contributed by atoms with van der Waals surface area (Å²) in [6.07, 6.45) is 3.86. The molecule has 2 atom stereocenters. The average Bonchev–Trinajstić information content (AvgIpc) is 2.61. The first-order valence-corrected chi connectivity index (χ1v) is 5.68. The third-order valence-corrected chi connectivity index (χ3v) is 3.57. The number of anilines is 1. The SMILES string of the molecule is Nc1nc2c(ccn2C2CC[C@H]2CO)c(=O)[nH]1. The van der Waals surface area contributed by atoms with Crippen molar-refractivity contribution < 1.29 is 5.11 Å². The Labute approximate surface area is 97.1 Å². The molecule has 1 saturated carbocycles. The Morgan fingerprint density at radius 2 is 2.41 bits per heavy atom. The molecule has 90 valence electrons. The van der Waals surface area contributed by atoms with Crippen LogP contribution in [-0.4, -0.2) is 26.2 Å². The molecule has 4 N–H and O–H groups in total. The molecule has 2 aromatic rings. The lowest BCUT2D eigenvalue weighted by molar-refractivity contribution is 0.0997. The second kappa shape index (κ2) is 3.59. The molecule has 0 aliphatic heterocycles. The van der Waals surface area contributed by atoms with Crippen molar-refractivity contribution in [2.45, 2.75) is 18.9 Å². The third kappa shape index (κ3) is 1.44. The van der Waals surface area contributed by atoms with Crippen LogP contribution in [-0.2, 0) is 0 Å². The molecule has 0 amide bonds. The van der Waals surface area contributed by atoms with Crippen molar-refractivity contribution in [3.8, 4) is 0 Å². The van der Waals surface area contributed by atoms with Crippen LogP contribution in [0.15, 0.2) is 17.1 Å². The Kier molecular flexibility index (Phi) is 2.19. The minimum absolute atomic E-state index is 0.127. The van der Waals surface area contributed by atoms with Gasteiger partial charge in [-0.1, -0.05) is 0 Å². The third-order valence-electron chi connectivity index (χ3n) is 3.57. The lowest BCUT2D eigenvalue weighted by Gasteiger charge is -2.36. The first-order chi connectivity index (χ1) is 8.20. The average molecular weight is 234 g/mol. The van der Waals surface area contributed by atoms with Gasteiger partial charge in [0.1, 0.15) is 5.65 Å². The highest BCUT2D eigenvalue weighted by Crippen LogP contribution is 2.39. The Bertz CT molecular complexity index is 613. The highest BCUT2D eigenvalue weighted by atomic mass is 16.3. The number of aromatic amines is 1. The molecule has 1 fully saturated rings. The lowest BCUT2D eigenvalue weighted by Crippen LogP contribution is -2.31. The summed E-state index contributed by atoms with van der Waals surface area (Å²) in [5.74, 6) is 0.384. The van der Waals surface area contributed by atoms with E-state index in [0.29, 0.717) is 11.0 Å². The van der Waals surface area contributed by atoms with Crippen LogP contribution >= 0.6 is 0 Å². The number of nitrogens with one attached hydrogen (secondary N) is 1. The summed E-state index contributed by atoms with van der Waals surface area (Å²) >= 11 is 0. The van der Waals surface area contributed by atoms with Crippen molar-refractivity contribution in [2.24, 2.45) is 5.92 Å². The number of hydrogen-bond donors (Lipinski definition) is 3. The first kappa shape index (κ1) is 10.3. The van der Waals surface area contributed by atoms with Crippen molar-refractivity contribution in [1.82, 2.24) is 14.5 Å². The van der Waals surface area contributed by atoms with Crippen molar-refractivity contribution in [1.29, 1.82) is 0 Å². The monoisotopic (exact) mass is 234 g/mol. The Morgan fingerprint density at radius 3 is 3.06 bits per heavy atom. The van der Waals surface area contributed by atoms with Gasteiger partial charge in [0.25, 0.3) is 5.56 Å². The van der Waals surface area contributed by atoms with Gasteiger partial charge >= 0.3 is 0 Å². The zero-order valence-corrected chi connectivity index (χ0v) is 9.26. The van der Waals surface area contributed by atoms with Crippen molar-refractivity contribution >= 4 is 17.0 Å². The van der Waals surface area contributed by atoms with Crippen LogP contribution in [0.5, 0.6) is 0 Å². The van der Waals surface area contributed by atoms with Gasteiger partial charge in [0.2, 0.25) is 5.95 Å². The zero-order chi connectivity index (χ0) is 12.0. The van der Waals surface area contributed by atoms with E-state index in [0.717, 1.165) is 12.8 Å². The number of rotatable bonds is 2. The second-order valence-electron chi connectivity index (χ2n) is 4.50. The number of H-pyrrole nitrogens is 1. The van der Waals surface area contributed by atoms with Gasteiger partial charge in [-0.05, 0) is 18.9 Å². The van der Waals surface area contributed by atoms with E-state index in [-0.39, 0.29) is 30.1 Å². The fourth-order valence-corrected chi connectivity index (χ4v) is 2.46. The number of hydrogen-bond acceptors (Lipinski definition) is 4. The number of aliphatic hydroxyl groups is 1. The van der Waals surface area contributed by atoms with Gasteiger partial charge in [0.05, 0.1) is 5.39 Å². The van der Waals surface area contributed by atoms with E-state index >= 15 is 0 Å². The molecule has 6 nitrogen and oxygen atoms in total. The minimum Gasteiger partial charge on any atom is -0.396 e. The number of fused-ring (bicyclic) bond motifs is 1. The summed E-state index contributed by atoms with van der Waals surface area (Å²) in [6.45, 7) is 0.170. The zero-order valence-electron chi connectivity index (χ0n) is 9.26. The number of nitrogens with two attached hydrogens (primary N) is 1. The van der Waals surface area contributed by atoms with Crippen LogP contribution < -0.4 is 11.3 Å². The van der Waals surface area contributed by atoms with E-state index in [1.54, 1.807) is 6.07 Å². The largest absolute Gasteiger partial charge is 0.396 e. The molecular weight excluding hydrogens is 220 g/mol. The molecule has 3 rings (SSSR count). The number of nitrogen functional groups attached to an aromatic ring is 1. The van der Waals surface area contributed by atoms with Gasteiger partial charge in [-0.2, -0.15) is 4.98 Å². The molecule has 0 aromatic carbocycles. The summed E-state index contributed by atoms with van der Waals surface area (Å²) in [7, 11) is 0. The molecule has 0 saturated heterocycles. The summed E-state index contributed by atoms with van der Waals surface area (Å²) in [5, 5.41) is 9.75. The molecule has 6 heteroatoms. The van der Waals surface area contributed by atoms with Crippen LogP contribution in [0.3, 0.4) is 0 Å². The predicted octanol–water partition coefficient (Wildman–Crippen LogP) is 0.250. The summed E-state index contributed by atoms with van der Waals surface area (Å²) in [4.78, 5) is 18.3. The predicted molar refractivity (Wildman–Crippen MR) is 63.6 cm³/mol. The Hall–Kier alpha value is -1.82. The normalized spacial score (nSPS) is 23.8. The maximum atomic E-state index is 11.7. The molecular formula is C11H14N4O2. The molecule has 1 aliphatic rings. The summed E-state index contributed by atoms with van der Waals surface area (Å²) < 4.78 is 1.95. The maximum Gasteiger partial charge on any atom is 0.261 e. The molecule has 0 radical (unpaired) electrons. The van der Waals surface area contributed by atoms with Crippen LogP contribution in [0, 0.1) is 5.92 Å². The number of aromatic nitrogens is 3. The van der Waals surface area contributed by atoms with E-state index < -0.39 is 0 Å². The topological polar surface area (TPSA) is 96.9 Å². The van der Waals surface area contributed by atoms with Crippen LogP contribution in [0.1, 0.15) is 18.9 Å². The van der Waals surface area contributed by atoms with Crippen molar-refractivity contribution in [2.75, 3.05) is 12.3 Å². The minimum atomic E-state index is -0.217. The fourth-order valence-electron chi connectivity index (χ4n) is 2.46. The molecule has 1 unspecified atom stereocenters. The van der Waals surface area contributed by atoms with Crippen molar-refractivity contribution in [3.63, 3.8) is 0 Å². The van der Waals surface area contributed by atoms with Crippen LogP contribution in [0.25, 0.3) is 11.0 Å². The standard InChI is InChI=1S/C11H14N4O2/c12-11-13-9-7(10(17)14-11)3-4-15(9)8-2-1-6(8)5-16/h3-4,6,8,16H,1-2,5H2,(H3,12,13,14,17)/t6-,8?/m0/s1. The van der Waals surface area contributed by atoms with Gasteiger partial charge in [0, 0.05) is 24.8 Å². The van der Waals surface area contributed by atoms with E-state index in [2.05, 4.69) is 9.97 Å². The van der Waals surface area contributed by atoms with Crippen molar-refractivity contribution in [3.05, 3.63) is 22.6 Å². The highest BCUT2D eigenvalue weighted by molar-refractivity contribution is 5.76. The van der Waals surface area contributed by atoms with Gasteiger partial charge < -0.3 is 15.4 Å². The van der Waals surface area contributed by atoms with E-state index in [1.165, 1.54) is 0 Å². The second-order valence-corrected chi connectivity index (χ2v) is 4.50. The summed E-state index contributed by atoms with van der Waals surface area (Å²) in [6, 6.07) is 1.97. The maximum absolute atomic E-state index is 11.7. The molecule has 2 heterocycles. The van der Waals surface area contributed by atoms with Crippen LogP contribution in [0.4, 0.5) is 5.95 Å². The smallest absolute Gasteiger partial charge is 0.261 e. The van der Waals surface area contributed by atoms with Crippen LogP contribution in [0.2, 0.25) is 0 Å². The molecule has 1 aliphatic carbocycles. The molecule has 2 aromatic heterocycles. The molecule has 0 bridgehead atoms. The van der Waals surface area contributed by atoms with Gasteiger partial charge in [0.15, 0.2) is 0 Å². The Balaban J connectivity index is 2.15. The van der Waals surface area contributed by atoms with Gasteiger partial charge in [-0.25, -0.2) is 0 Å². The number of aliphatic hydroxyl groups excluding tert-OH is 1. The van der Waals surface area contributed by atoms with Gasteiger partial charge in [-0.15, -0.1) is 0 Å².